The molecule has 4 rings (SSSR count). The molecule has 1 amide bonds. The Labute approximate surface area is 123 Å². The monoisotopic (exact) mass is 284 g/mol. The van der Waals surface area contributed by atoms with Gasteiger partial charge in [0.1, 0.15) is 5.82 Å². The molecule has 0 spiro atoms. The van der Waals surface area contributed by atoms with Crippen LogP contribution in [0.4, 0.5) is 0 Å². The molecule has 2 saturated carbocycles. The molecule has 2 fully saturated rings. The number of H-pyrrole nitrogens is 1. The van der Waals surface area contributed by atoms with Crippen LogP contribution in [0.5, 0.6) is 0 Å². The molecule has 0 saturated heterocycles. The van der Waals surface area contributed by atoms with Crippen LogP contribution in [-0.4, -0.2) is 21.9 Å². The number of para-hydroxylation sites is 2. The summed E-state index contributed by atoms with van der Waals surface area (Å²) in [6.07, 6.45) is 3.48. The molecule has 1 aromatic heterocycles. The van der Waals surface area contributed by atoms with Gasteiger partial charge in [-0.3, -0.25) is 4.79 Å². The molecule has 4 unspecified atom stereocenters. The molecular formula is C16H20N4O. The van der Waals surface area contributed by atoms with Gasteiger partial charge >= 0.3 is 0 Å². The number of imidazole rings is 1. The maximum absolute atomic E-state index is 12.4. The Bertz CT molecular complexity index is 645. The summed E-state index contributed by atoms with van der Waals surface area (Å²) in [5.41, 5.74) is 8.14. The average molecular weight is 284 g/mol. The number of nitrogens with two attached hydrogens (primary N) is 1. The zero-order valence-electron chi connectivity index (χ0n) is 11.9. The smallest absolute Gasteiger partial charge is 0.225 e. The van der Waals surface area contributed by atoms with E-state index < -0.39 is 0 Å². The third-order valence-electron chi connectivity index (χ3n) is 5.15. The van der Waals surface area contributed by atoms with Gasteiger partial charge in [-0.05, 0) is 43.2 Å². The van der Waals surface area contributed by atoms with Crippen molar-refractivity contribution in [3.8, 4) is 0 Å². The highest BCUT2D eigenvalue weighted by Crippen LogP contribution is 2.47. The Morgan fingerprint density at radius 1 is 1.33 bits per heavy atom. The first-order valence-corrected chi connectivity index (χ1v) is 7.69. The fourth-order valence-electron chi connectivity index (χ4n) is 4.10. The molecule has 1 aromatic carbocycles. The highest BCUT2D eigenvalue weighted by atomic mass is 16.1. The first kappa shape index (κ1) is 12.8. The number of nitrogens with zero attached hydrogens (tertiary/aromatic N) is 1. The van der Waals surface area contributed by atoms with E-state index >= 15 is 0 Å². The van der Waals surface area contributed by atoms with Crippen molar-refractivity contribution in [1.29, 1.82) is 0 Å². The topological polar surface area (TPSA) is 83.8 Å². The summed E-state index contributed by atoms with van der Waals surface area (Å²) in [6.45, 7) is 0.439. The van der Waals surface area contributed by atoms with Crippen molar-refractivity contribution >= 4 is 16.9 Å². The van der Waals surface area contributed by atoms with Gasteiger partial charge in [0.2, 0.25) is 5.91 Å². The predicted octanol–water partition coefficient (Wildman–Crippen LogP) is 1.55. The Morgan fingerprint density at radius 2 is 2.14 bits per heavy atom. The number of aromatic nitrogens is 2. The molecule has 0 radical (unpaired) electrons. The van der Waals surface area contributed by atoms with E-state index in [1.165, 1.54) is 6.42 Å². The van der Waals surface area contributed by atoms with Crippen LogP contribution in [0.3, 0.4) is 0 Å². The molecule has 2 aliphatic rings. The fraction of sp³-hybridized carbons (Fsp3) is 0.500. The molecule has 4 N–H and O–H groups in total. The predicted molar refractivity (Wildman–Crippen MR) is 80.2 cm³/mol. The summed E-state index contributed by atoms with van der Waals surface area (Å²) in [5, 5.41) is 3.00. The van der Waals surface area contributed by atoms with E-state index in [-0.39, 0.29) is 17.9 Å². The van der Waals surface area contributed by atoms with E-state index in [9.17, 15) is 4.79 Å². The SMILES string of the molecule is NC1C2CCC(C2)C1C(=O)NCc1nc2ccccc2[nH]1. The quantitative estimate of drug-likeness (QED) is 0.799. The fourth-order valence-corrected chi connectivity index (χ4v) is 4.10. The molecule has 5 heteroatoms. The van der Waals surface area contributed by atoms with Gasteiger partial charge in [0, 0.05) is 6.04 Å². The number of carbonyl (C=O) groups excluding carboxylic acids is 1. The molecule has 110 valence electrons. The number of nitrogens with one attached hydrogen (secondary N) is 2. The number of amides is 1. The highest BCUT2D eigenvalue weighted by Gasteiger charge is 2.48. The lowest BCUT2D eigenvalue weighted by Crippen LogP contribution is -2.45. The minimum atomic E-state index is -0.00636. The number of hydrogen-bond donors (Lipinski definition) is 3. The summed E-state index contributed by atoms with van der Waals surface area (Å²) in [6, 6.07) is 7.92. The van der Waals surface area contributed by atoms with E-state index in [1.54, 1.807) is 0 Å². The molecular weight excluding hydrogens is 264 g/mol. The van der Waals surface area contributed by atoms with Crippen LogP contribution >= 0.6 is 0 Å². The number of aromatic amines is 1. The molecule has 4 atom stereocenters. The zero-order valence-corrected chi connectivity index (χ0v) is 11.9. The van der Waals surface area contributed by atoms with Crippen LogP contribution in [0, 0.1) is 17.8 Å². The van der Waals surface area contributed by atoms with Gasteiger partial charge in [0.25, 0.3) is 0 Å². The summed E-state index contributed by atoms with van der Waals surface area (Å²) in [7, 11) is 0. The lowest BCUT2D eigenvalue weighted by molar-refractivity contribution is -0.127. The van der Waals surface area contributed by atoms with Crippen LogP contribution < -0.4 is 11.1 Å². The maximum atomic E-state index is 12.4. The lowest BCUT2D eigenvalue weighted by atomic mass is 9.84. The second-order valence-electron chi connectivity index (χ2n) is 6.35. The largest absolute Gasteiger partial charge is 0.349 e. The molecule has 5 nitrogen and oxygen atoms in total. The Kier molecular flexibility index (Phi) is 2.96. The van der Waals surface area contributed by atoms with Gasteiger partial charge in [-0.15, -0.1) is 0 Å². The molecule has 0 aliphatic heterocycles. The minimum Gasteiger partial charge on any atom is -0.349 e. The summed E-state index contributed by atoms with van der Waals surface area (Å²) in [4.78, 5) is 20.1. The third-order valence-corrected chi connectivity index (χ3v) is 5.15. The van der Waals surface area contributed by atoms with E-state index in [1.807, 2.05) is 24.3 Å². The molecule has 1 heterocycles. The first-order chi connectivity index (χ1) is 10.2. The van der Waals surface area contributed by atoms with E-state index in [4.69, 9.17) is 5.73 Å². The number of benzene rings is 1. The van der Waals surface area contributed by atoms with E-state index in [2.05, 4.69) is 15.3 Å². The summed E-state index contributed by atoms with van der Waals surface area (Å²) in [5.74, 6) is 1.92. The van der Waals surface area contributed by atoms with Gasteiger partial charge in [-0.2, -0.15) is 0 Å². The Morgan fingerprint density at radius 3 is 2.90 bits per heavy atom. The van der Waals surface area contributed by atoms with E-state index in [0.29, 0.717) is 18.4 Å². The standard InChI is InChI=1S/C16H20N4O/c17-15-10-6-5-9(7-10)14(15)16(21)18-8-13-19-11-3-1-2-4-12(11)20-13/h1-4,9-10,14-15H,5-8,17H2,(H,18,21)(H,19,20). The Balaban J connectivity index is 1.43. The van der Waals surface area contributed by atoms with Crippen molar-refractivity contribution in [3.63, 3.8) is 0 Å². The molecule has 2 aliphatic carbocycles. The second-order valence-corrected chi connectivity index (χ2v) is 6.35. The number of hydrogen-bond acceptors (Lipinski definition) is 3. The van der Waals surface area contributed by atoms with Crippen molar-refractivity contribution in [2.45, 2.75) is 31.8 Å². The van der Waals surface area contributed by atoms with Crippen molar-refractivity contribution in [1.82, 2.24) is 15.3 Å². The Hall–Kier alpha value is -1.88. The summed E-state index contributed by atoms with van der Waals surface area (Å²) >= 11 is 0. The maximum Gasteiger partial charge on any atom is 0.225 e. The van der Waals surface area contributed by atoms with Crippen molar-refractivity contribution in [3.05, 3.63) is 30.1 Å². The van der Waals surface area contributed by atoms with Crippen LogP contribution in [0.25, 0.3) is 11.0 Å². The summed E-state index contributed by atoms with van der Waals surface area (Å²) < 4.78 is 0. The van der Waals surface area contributed by atoms with Gasteiger partial charge in [-0.1, -0.05) is 12.1 Å². The molecule has 2 bridgehead atoms. The third kappa shape index (κ3) is 2.12. The first-order valence-electron chi connectivity index (χ1n) is 7.69. The molecule has 2 aromatic rings. The average Bonchev–Trinajstić information content (AvgIpc) is 3.17. The number of rotatable bonds is 3. The normalized spacial score (nSPS) is 30.9. The van der Waals surface area contributed by atoms with Crippen molar-refractivity contribution in [2.24, 2.45) is 23.5 Å². The van der Waals surface area contributed by atoms with Crippen LogP contribution in [0.15, 0.2) is 24.3 Å². The van der Waals surface area contributed by atoms with Gasteiger partial charge in [0.15, 0.2) is 0 Å². The lowest BCUT2D eigenvalue weighted by Gasteiger charge is -2.26. The zero-order chi connectivity index (χ0) is 14.4. The highest BCUT2D eigenvalue weighted by molar-refractivity contribution is 5.80. The van der Waals surface area contributed by atoms with Gasteiger partial charge in [-0.25, -0.2) is 4.98 Å². The van der Waals surface area contributed by atoms with Gasteiger partial charge < -0.3 is 16.0 Å². The van der Waals surface area contributed by atoms with Crippen LogP contribution in [0.1, 0.15) is 25.1 Å². The van der Waals surface area contributed by atoms with E-state index in [0.717, 1.165) is 29.7 Å². The minimum absolute atomic E-state index is 0.00636. The second kappa shape index (κ2) is 4.84. The van der Waals surface area contributed by atoms with Crippen LogP contribution in [0.2, 0.25) is 0 Å². The van der Waals surface area contributed by atoms with Crippen LogP contribution in [-0.2, 0) is 11.3 Å². The van der Waals surface area contributed by atoms with Gasteiger partial charge in [0.05, 0.1) is 23.5 Å². The number of fused-ring (bicyclic) bond motifs is 3. The molecule has 21 heavy (non-hydrogen) atoms. The number of carbonyl (C=O) groups is 1. The van der Waals surface area contributed by atoms with Crippen molar-refractivity contribution < 1.29 is 4.79 Å². The van der Waals surface area contributed by atoms with Crippen molar-refractivity contribution in [2.75, 3.05) is 0 Å².